The van der Waals surface area contributed by atoms with Crippen LogP contribution in [-0.4, -0.2) is 39.1 Å². The molecule has 0 aliphatic carbocycles. The molecule has 0 bridgehead atoms. The minimum absolute atomic E-state index is 0.578. The van der Waals surface area contributed by atoms with E-state index in [0.29, 0.717) is 5.95 Å². The van der Waals surface area contributed by atoms with Gasteiger partial charge in [-0.2, -0.15) is 0 Å². The number of likely N-dealkylation sites (tertiary alicyclic amines) is 1. The molecule has 2 aromatic rings. The molecule has 0 atom stereocenters. The Kier molecular flexibility index (Phi) is 3.38. The third-order valence-corrected chi connectivity index (χ3v) is 3.81. The van der Waals surface area contributed by atoms with Crippen molar-refractivity contribution in [3.63, 3.8) is 0 Å². The average Bonchev–Trinajstić information content (AvgIpc) is 2.98. The molecule has 2 N–H and O–H groups in total. The van der Waals surface area contributed by atoms with Gasteiger partial charge in [-0.25, -0.2) is 9.97 Å². The van der Waals surface area contributed by atoms with Gasteiger partial charge in [0.2, 0.25) is 5.95 Å². The third-order valence-electron chi connectivity index (χ3n) is 3.81. The predicted octanol–water partition coefficient (Wildman–Crippen LogP) is 1.81. The van der Waals surface area contributed by atoms with Crippen LogP contribution in [0.25, 0.3) is 11.2 Å². The standard InChI is InChI=1S/C14H21N5/c1-11-9-12-13(16-10-11)19(14(15)17-12)8-4-7-18-5-2-3-6-18/h9-10H,2-8H2,1H3,(H2,15,17). The molecule has 0 spiro atoms. The highest BCUT2D eigenvalue weighted by molar-refractivity contribution is 5.74. The van der Waals surface area contributed by atoms with Gasteiger partial charge < -0.3 is 10.6 Å². The van der Waals surface area contributed by atoms with Crippen molar-refractivity contribution in [3.05, 3.63) is 17.8 Å². The number of nitrogens with zero attached hydrogens (tertiary/aromatic N) is 4. The number of hydrogen-bond acceptors (Lipinski definition) is 4. The largest absolute Gasteiger partial charge is 0.369 e. The maximum absolute atomic E-state index is 6.00. The van der Waals surface area contributed by atoms with Gasteiger partial charge in [-0.15, -0.1) is 0 Å². The van der Waals surface area contributed by atoms with Crippen molar-refractivity contribution in [1.82, 2.24) is 19.4 Å². The number of aryl methyl sites for hydroxylation is 2. The quantitative estimate of drug-likeness (QED) is 0.909. The fourth-order valence-corrected chi connectivity index (χ4v) is 2.81. The lowest BCUT2D eigenvalue weighted by Gasteiger charge is -2.14. The zero-order valence-electron chi connectivity index (χ0n) is 11.5. The number of nitrogen functional groups attached to an aromatic ring is 1. The number of imidazole rings is 1. The van der Waals surface area contributed by atoms with Crippen molar-refractivity contribution < 1.29 is 0 Å². The summed E-state index contributed by atoms with van der Waals surface area (Å²) in [5.74, 6) is 0.578. The van der Waals surface area contributed by atoms with Gasteiger partial charge in [0.1, 0.15) is 5.52 Å². The molecule has 1 aliphatic heterocycles. The fourth-order valence-electron chi connectivity index (χ4n) is 2.81. The Labute approximate surface area is 113 Å². The van der Waals surface area contributed by atoms with Crippen LogP contribution < -0.4 is 5.73 Å². The highest BCUT2D eigenvalue weighted by Crippen LogP contribution is 2.17. The molecule has 0 amide bonds. The van der Waals surface area contributed by atoms with E-state index in [1.807, 2.05) is 23.8 Å². The van der Waals surface area contributed by atoms with Gasteiger partial charge in [0.15, 0.2) is 5.65 Å². The highest BCUT2D eigenvalue weighted by atomic mass is 15.2. The molecule has 5 nitrogen and oxygen atoms in total. The molecule has 1 fully saturated rings. The first-order valence-corrected chi connectivity index (χ1v) is 7.05. The summed E-state index contributed by atoms with van der Waals surface area (Å²) >= 11 is 0. The second-order valence-corrected chi connectivity index (χ2v) is 5.38. The van der Waals surface area contributed by atoms with E-state index in [9.17, 15) is 0 Å². The van der Waals surface area contributed by atoms with Gasteiger partial charge in [-0.1, -0.05) is 0 Å². The van der Waals surface area contributed by atoms with E-state index in [4.69, 9.17) is 5.73 Å². The molecular formula is C14H21N5. The molecule has 0 radical (unpaired) electrons. The molecule has 1 saturated heterocycles. The van der Waals surface area contributed by atoms with Crippen molar-refractivity contribution in [2.24, 2.45) is 0 Å². The number of hydrogen-bond donors (Lipinski definition) is 1. The maximum Gasteiger partial charge on any atom is 0.202 e. The van der Waals surface area contributed by atoms with Crippen LogP contribution in [0.2, 0.25) is 0 Å². The van der Waals surface area contributed by atoms with E-state index in [-0.39, 0.29) is 0 Å². The van der Waals surface area contributed by atoms with Crippen LogP contribution in [-0.2, 0) is 6.54 Å². The fraction of sp³-hybridized carbons (Fsp3) is 0.571. The molecule has 1 aliphatic rings. The normalized spacial score (nSPS) is 16.5. The summed E-state index contributed by atoms with van der Waals surface area (Å²) < 4.78 is 2.03. The Morgan fingerprint density at radius 2 is 2.05 bits per heavy atom. The van der Waals surface area contributed by atoms with Crippen molar-refractivity contribution in [2.75, 3.05) is 25.4 Å². The molecule has 3 heterocycles. The Bertz CT molecular complexity index is 568. The number of fused-ring (bicyclic) bond motifs is 1. The lowest BCUT2D eigenvalue weighted by Crippen LogP contribution is -2.21. The van der Waals surface area contributed by atoms with Gasteiger partial charge in [0.25, 0.3) is 0 Å². The van der Waals surface area contributed by atoms with Crippen molar-refractivity contribution >= 4 is 17.1 Å². The maximum atomic E-state index is 6.00. The zero-order chi connectivity index (χ0) is 13.2. The van der Waals surface area contributed by atoms with Gasteiger partial charge in [0.05, 0.1) is 0 Å². The van der Waals surface area contributed by atoms with Crippen LogP contribution in [0.3, 0.4) is 0 Å². The van der Waals surface area contributed by atoms with Crippen LogP contribution >= 0.6 is 0 Å². The second-order valence-electron chi connectivity index (χ2n) is 5.38. The van der Waals surface area contributed by atoms with Gasteiger partial charge in [0, 0.05) is 12.7 Å². The number of nitrogens with two attached hydrogens (primary N) is 1. The molecule has 5 heteroatoms. The van der Waals surface area contributed by atoms with Crippen LogP contribution in [0.5, 0.6) is 0 Å². The first kappa shape index (κ1) is 12.4. The molecule has 0 saturated carbocycles. The SMILES string of the molecule is Cc1cnc2c(c1)nc(N)n2CCCN1CCCC1. The van der Waals surface area contributed by atoms with Crippen LogP contribution in [0.1, 0.15) is 24.8 Å². The Morgan fingerprint density at radius 1 is 1.26 bits per heavy atom. The third kappa shape index (κ3) is 2.56. The summed E-state index contributed by atoms with van der Waals surface area (Å²) in [5, 5.41) is 0. The summed E-state index contributed by atoms with van der Waals surface area (Å²) in [7, 11) is 0. The van der Waals surface area contributed by atoms with Crippen LogP contribution in [0.4, 0.5) is 5.95 Å². The highest BCUT2D eigenvalue weighted by Gasteiger charge is 2.12. The van der Waals surface area contributed by atoms with Gasteiger partial charge >= 0.3 is 0 Å². The minimum Gasteiger partial charge on any atom is -0.369 e. The van der Waals surface area contributed by atoms with Crippen molar-refractivity contribution in [1.29, 1.82) is 0 Å². The smallest absolute Gasteiger partial charge is 0.202 e. The summed E-state index contributed by atoms with van der Waals surface area (Å²) in [5.41, 5.74) is 8.92. The Balaban J connectivity index is 1.71. The lowest BCUT2D eigenvalue weighted by atomic mass is 10.3. The van der Waals surface area contributed by atoms with E-state index in [2.05, 4.69) is 14.9 Å². The van der Waals surface area contributed by atoms with Gasteiger partial charge in [-0.05, 0) is 57.5 Å². The van der Waals surface area contributed by atoms with E-state index in [1.165, 1.54) is 25.9 Å². The lowest BCUT2D eigenvalue weighted by molar-refractivity contribution is 0.326. The second kappa shape index (κ2) is 5.17. The summed E-state index contributed by atoms with van der Waals surface area (Å²) in [6.07, 6.45) is 5.67. The van der Waals surface area contributed by atoms with E-state index >= 15 is 0 Å². The Hall–Kier alpha value is -1.62. The first-order chi connectivity index (χ1) is 9.24. The number of aromatic nitrogens is 3. The molecular weight excluding hydrogens is 238 g/mol. The topological polar surface area (TPSA) is 60.0 Å². The summed E-state index contributed by atoms with van der Waals surface area (Å²) in [6.45, 7) is 6.56. The van der Waals surface area contributed by atoms with Crippen molar-refractivity contribution in [2.45, 2.75) is 32.7 Å². The summed E-state index contributed by atoms with van der Waals surface area (Å²) in [6, 6.07) is 2.04. The van der Waals surface area contributed by atoms with Crippen LogP contribution in [0.15, 0.2) is 12.3 Å². The summed E-state index contributed by atoms with van der Waals surface area (Å²) in [4.78, 5) is 11.4. The van der Waals surface area contributed by atoms with Crippen molar-refractivity contribution in [3.8, 4) is 0 Å². The molecule has 2 aromatic heterocycles. The molecule has 0 aromatic carbocycles. The molecule has 19 heavy (non-hydrogen) atoms. The molecule has 3 rings (SSSR count). The van der Waals surface area contributed by atoms with E-state index in [1.54, 1.807) is 0 Å². The predicted molar refractivity (Wildman–Crippen MR) is 77.0 cm³/mol. The number of rotatable bonds is 4. The Morgan fingerprint density at radius 3 is 2.84 bits per heavy atom. The zero-order valence-corrected chi connectivity index (χ0v) is 11.5. The molecule has 102 valence electrons. The number of pyridine rings is 1. The van der Waals surface area contributed by atoms with Crippen LogP contribution in [0, 0.1) is 6.92 Å². The minimum atomic E-state index is 0.578. The average molecular weight is 259 g/mol. The van der Waals surface area contributed by atoms with Gasteiger partial charge in [-0.3, -0.25) is 4.57 Å². The molecule has 0 unspecified atom stereocenters. The number of anilines is 1. The monoisotopic (exact) mass is 259 g/mol. The first-order valence-electron chi connectivity index (χ1n) is 7.05. The van der Waals surface area contributed by atoms with E-state index in [0.717, 1.165) is 36.2 Å². The van der Waals surface area contributed by atoms with E-state index < -0.39 is 0 Å².